The summed E-state index contributed by atoms with van der Waals surface area (Å²) in [4.78, 5) is 2.43. The molecular formula is C16H34N2O2. The third-order valence-electron chi connectivity index (χ3n) is 4.09. The molecule has 120 valence electrons. The van der Waals surface area contributed by atoms with Crippen molar-refractivity contribution < 1.29 is 9.84 Å². The molecule has 0 spiro atoms. The summed E-state index contributed by atoms with van der Waals surface area (Å²) in [6.07, 6.45) is 7.16. The van der Waals surface area contributed by atoms with E-state index in [1.165, 1.54) is 32.1 Å². The lowest BCUT2D eigenvalue weighted by molar-refractivity contribution is 0.0347. The summed E-state index contributed by atoms with van der Waals surface area (Å²) in [5.74, 6) is 0. The maximum Gasteiger partial charge on any atom is 0.0897 e. The van der Waals surface area contributed by atoms with Crippen LogP contribution in [0.25, 0.3) is 0 Å². The molecule has 0 heterocycles. The zero-order chi connectivity index (χ0) is 14.8. The Balaban J connectivity index is 1.90. The highest BCUT2D eigenvalue weighted by Crippen LogP contribution is 2.26. The molecule has 0 radical (unpaired) electrons. The van der Waals surface area contributed by atoms with Gasteiger partial charge in [0.05, 0.1) is 12.7 Å². The summed E-state index contributed by atoms with van der Waals surface area (Å²) < 4.78 is 5.49. The molecule has 20 heavy (non-hydrogen) atoms. The number of nitrogens with one attached hydrogen (secondary N) is 1. The normalized spacial score (nSPS) is 18.4. The van der Waals surface area contributed by atoms with Crippen LogP contribution in [0.1, 0.15) is 52.4 Å². The van der Waals surface area contributed by atoms with E-state index in [1.54, 1.807) is 0 Å². The summed E-state index contributed by atoms with van der Waals surface area (Å²) in [5.41, 5.74) is 0. The molecule has 4 nitrogen and oxygen atoms in total. The van der Waals surface area contributed by atoms with Gasteiger partial charge in [-0.15, -0.1) is 0 Å². The molecule has 1 fully saturated rings. The van der Waals surface area contributed by atoms with Crippen LogP contribution in [0.2, 0.25) is 0 Å². The molecule has 0 aromatic rings. The molecule has 1 rings (SSSR count). The number of hydrogen-bond acceptors (Lipinski definition) is 4. The van der Waals surface area contributed by atoms with Crippen LogP contribution in [0.4, 0.5) is 0 Å². The Morgan fingerprint density at radius 1 is 1.25 bits per heavy atom. The van der Waals surface area contributed by atoms with E-state index in [0.717, 1.165) is 25.6 Å². The molecular weight excluding hydrogens is 252 g/mol. The highest BCUT2D eigenvalue weighted by molar-refractivity contribution is 4.85. The predicted octanol–water partition coefficient (Wildman–Crippen LogP) is 2.02. The smallest absolute Gasteiger partial charge is 0.0897 e. The van der Waals surface area contributed by atoms with Crippen LogP contribution in [0, 0.1) is 0 Å². The molecule has 1 aliphatic carbocycles. The van der Waals surface area contributed by atoms with E-state index in [9.17, 15) is 5.11 Å². The van der Waals surface area contributed by atoms with Crippen molar-refractivity contribution in [3.8, 4) is 0 Å². The second-order valence-corrected chi connectivity index (χ2v) is 6.19. The van der Waals surface area contributed by atoms with Gasteiger partial charge in [-0.1, -0.05) is 26.2 Å². The molecule has 0 aromatic carbocycles. The van der Waals surface area contributed by atoms with E-state index in [1.807, 2.05) is 0 Å². The molecule has 2 N–H and O–H groups in total. The molecule has 0 saturated heterocycles. The first-order valence-corrected chi connectivity index (χ1v) is 8.33. The summed E-state index contributed by atoms with van der Waals surface area (Å²) in [6, 6.07) is 1.33. The van der Waals surface area contributed by atoms with Gasteiger partial charge in [0.1, 0.15) is 0 Å². The summed E-state index contributed by atoms with van der Waals surface area (Å²) >= 11 is 0. The molecule has 0 bridgehead atoms. The maximum absolute atomic E-state index is 9.82. The minimum atomic E-state index is -0.389. The summed E-state index contributed by atoms with van der Waals surface area (Å²) in [6.45, 7) is 7.22. The third kappa shape index (κ3) is 8.20. The van der Waals surface area contributed by atoms with E-state index >= 15 is 0 Å². The summed E-state index contributed by atoms with van der Waals surface area (Å²) in [7, 11) is 2.19. The van der Waals surface area contributed by atoms with Crippen molar-refractivity contribution in [2.75, 3.05) is 33.4 Å². The van der Waals surface area contributed by atoms with Gasteiger partial charge in [0.2, 0.25) is 0 Å². The third-order valence-corrected chi connectivity index (χ3v) is 4.09. The van der Waals surface area contributed by atoms with Crippen LogP contribution < -0.4 is 5.32 Å². The Hall–Kier alpha value is -0.160. The molecule has 4 heteroatoms. The van der Waals surface area contributed by atoms with Crippen molar-refractivity contribution in [1.82, 2.24) is 10.2 Å². The SMILES string of the molecule is CCCCCCOCC(O)CNCC(C)N(C)C1CC1. The van der Waals surface area contributed by atoms with Crippen molar-refractivity contribution in [3.05, 3.63) is 0 Å². The van der Waals surface area contributed by atoms with Crippen LogP contribution in [0.5, 0.6) is 0 Å². The molecule has 2 atom stereocenters. The Kier molecular flexibility index (Phi) is 9.44. The number of likely N-dealkylation sites (N-methyl/N-ethyl adjacent to an activating group) is 1. The first-order chi connectivity index (χ1) is 9.65. The highest BCUT2D eigenvalue weighted by Gasteiger charge is 2.28. The number of rotatable bonds is 13. The number of ether oxygens (including phenoxy) is 1. The van der Waals surface area contributed by atoms with Crippen molar-refractivity contribution in [2.24, 2.45) is 0 Å². The van der Waals surface area contributed by atoms with Crippen LogP contribution in [-0.4, -0.2) is 61.5 Å². The topological polar surface area (TPSA) is 44.7 Å². The fourth-order valence-corrected chi connectivity index (χ4v) is 2.35. The zero-order valence-electron chi connectivity index (χ0n) is 13.6. The van der Waals surface area contributed by atoms with Gasteiger partial charge in [0.15, 0.2) is 0 Å². The lowest BCUT2D eigenvalue weighted by atomic mass is 10.2. The van der Waals surface area contributed by atoms with Gasteiger partial charge in [-0.2, -0.15) is 0 Å². The van der Waals surface area contributed by atoms with E-state index in [4.69, 9.17) is 4.74 Å². The average Bonchev–Trinajstić information content (AvgIpc) is 3.26. The first-order valence-electron chi connectivity index (χ1n) is 8.33. The van der Waals surface area contributed by atoms with Gasteiger partial charge in [-0.05, 0) is 33.2 Å². The standard InChI is InChI=1S/C16H34N2O2/c1-4-5-6-7-10-20-13-16(19)12-17-11-14(2)18(3)15-8-9-15/h14-17,19H,4-13H2,1-3H3. The Morgan fingerprint density at radius 2 is 2.00 bits per heavy atom. The molecule has 0 aromatic heterocycles. The van der Waals surface area contributed by atoms with Crippen LogP contribution in [0.15, 0.2) is 0 Å². The Morgan fingerprint density at radius 3 is 2.65 bits per heavy atom. The summed E-state index contributed by atoms with van der Waals surface area (Å²) in [5, 5.41) is 13.2. The Bertz CT molecular complexity index is 235. The van der Waals surface area contributed by atoms with Gasteiger partial charge in [0, 0.05) is 31.8 Å². The number of nitrogens with zero attached hydrogens (tertiary/aromatic N) is 1. The molecule has 1 saturated carbocycles. The van der Waals surface area contributed by atoms with Crippen molar-refractivity contribution in [2.45, 2.75) is 70.6 Å². The van der Waals surface area contributed by atoms with Crippen molar-refractivity contribution in [3.63, 3.8) is 0 Å². The fraction of sp³-hybridized carbons (Fsp3) is 1.00. The lowest BCUT2D eigenvalue weighted by Gasteiger charge is -2.25. The second-order valence-electron chi connectivity index (χ2n) is 6.19. The predicted molar refractivity (Wildman–Crippen MR) is 84.1 cm³/mol. The molecule has 0 aliphatic heterocycles. The highest BCUT2D eigenvalue weighted by atomic mass is 16.5. The van der Waals surface area contributed by atoms with E-state index in [2.05, 4.69) is 31.1 Å². The van der Waals surface area contributed by atoms with E-state index in [-0.39, 0.29) is 6.10 Å². The quantitative estimate of drug-likeness (QED) is 0.508. The monoisotopic (exact) mass is 286 g/mol. The van der Waals surface area contributed by atoms with Gasteiger partial charge < -0.3 is 15.2 Å². The second kappa shape index (κ2) is 10.6. The van der Waals surface area contributed by atoms with Gasteiger partial charge >= 0.3 is 0 Å². The Labute approximate surface area is 124 Å². The number of unbranched alkanes of at least 4 members (excludes halogenated alkanes) is 3. The number of aliphatic hydroxyl groups is 1. The minimum absolute atomic E-state index is 0.389. The minimum Gasteiger partial charge on any atom is -0.389 e. The van der Waals surface area contributed by atoms with Gasteiger partial charge in [0.25, 0.3) is 0 Å². The maximum atomic E-state index is 9.82. The number of hydrogen-bond donors (Lipinski definition) is 2. The lowest BCUT2D eigenvalue weighted by Crippen LogP contribution is -2.41. The van der Waals surface area contributed by atoms with Crippen molar-refractivity contribution in [1.29, 1.82) is 0 Å². The molecule has 0 amide bonds. The van der Waals surface area contributed by atoms with Crippen molar-refractivity contribution >= 4 is 0 Å². The average molecular weight is 286 g/mol. The number of aliphatic hydroxyl groups excluding tert-OH is 1. The van der Waals surface area contributed by atoms with Crippen LogP contribution >= 0.6 is 0 Å². The van der Waals surface area contributed by atoms with Crippen LogP contribution in [0.3, 0.4) is 0 Å². The fourth-order valence-electron chi connectivity index (χ4n) is 2.35. The van der Waals surface area contributed by atoms with Crippen LogP contribution in [-0.2, 0) is 4.74 Å². The molecule has 2 unspecified atom stereocenters. The van der Waals surface area contributed by atoms with Gasteiger partial charge in [-0.25, -0.2) is 0 Å². The zero-order valence-corrected chi connectivity index (χ0v) is 13.6. The molecule has 1 aliphatic rings. The first kappa shape index (κ1) is 17.9. The van der Waals surface area contributed by atoms with E-state index in [0.29, 0.717) is 19.2 Å². The van der Waals surface area contributed by atoms with E-state index < -0.39 is 0 Å². The van der Waals surface area contributed by atoms with Gasteiger partial charge in [-0.3, -0.25) is 4.90 Å². The largest absolute Gasteiger partial charge is 0.389 e.